The van der Waals surface area contributed by atoms with Gasteiger partial charge >= 0.3 is 0 Å². The highest BCUT2D eigenvalue weighted by atomic mass is 79.9. The first kappa shape index (κ1) is 31.3. The van der Waals surface area contributed by atoms with Gasteiger partial charge in [0.15, 0.2) is 0 Å². The van der Waals surface area contributed by atoms with Gasteiger partial charge in [-0.3, -0.25) is 13.9 Å². The molecule has 0 aromatic heterocycles. The average Bonchev–Trinajstić information content (AvgIpc) is 2.93. The summed E-state index contributed by atoms with van der Waals surface area (Å²) in [5.41, 5.74) is 1.81. The lowest BCUT2D eigenvalue weighted by atomic mass is 10.1. The largest absolute Gasteiger partial charge is 0.352 e. The van der Waals surface area contributed by atoms with E-state index in [0.717, 1.165) is 14.3 Å². The normalized spacial score (nSPS) is 12.8. The van der Waals surface area contributed by atoms with Crippen molar-refractivity contribution in [3.63, 3.8) is 0 Å². The molecule has 214 valence electrons. The standard InChI is InChI=1S/C30H35BrFN3O4S/c1-5-22(4)33-30(37)28(6-2)34(19-23-9-13-25(32)14-10-23)29(36)20-35(26-15-11-24(31)12-16-26)40(38,39)27-17-7-21(3)8-18-27/h7-18,22,28H,5-6,19-20H2,1-4H3,(H,33,37)/t22-,28-/m0/s1. The number of aryl methyl sites for hydroxylation is 1. The number of sulfonamides is 1. The van der Waals surface area contributed by atoms with Crippen molar-refractivity contribution in [3.05, 3.63) is 94.2 Å². The van der Waals surface area contributed by atoms with E-state index in [1.165, 1.54) is 29.2 Å². The van der Waals surface area contributed by atoms with Gasteiger partial charge in [-0.15, -0.1) is 0 Å². The Labute approximate surface area is 244 Å². The predicted molar refractivity (Wildman–Crippen MR) is 159 cm³/mol. The Bertz CT molecular complexity index is 1400. The van der Waals surface area contributed by atoms with E-state index < -0.39 is 34.3 Å². The highest BCUT2D eigenvalue weighted by Gasteiger charge is 2.34. The van der Waals surface area contributed by atoms with Crippen LogP contribution in [0, 0.1) is 12.7 Å². The van der Waals surface area contributed by atoms with E-state index in [0.29, 0.717) is 24.1 Å². The summed E-state index contributed by atoms with van der Waals surface area (Å²) in [6.07, 6.45) is 1.01. The van der Waals surface area contributed by atoms with Crippen molar-refractivity contribution >= 4 is 43.5 Å². The Morgan fingerprint density at radius 1 is 0.925 bits per heavy atom. The molecule has 0 heterocycles. The van der Waals surface area contributed by atoms with Crippen LogP contribution in [0.2, 0.25) is 0 Å². The lowest BCUT2D eigenvalue weighted by molar-refractivity contribution is -0.140. The fraction of sp³-hybridized carbons (Fsp3) is 0.333. The van der Waals surface area contributed by atoms with Gasteiger partial charge < -0.3 is 10.2 Å². The molecule has 10 heteroatoms. The molecule has 0 spiro atoms. The van der Waals surface area contributed by atoms with Crippen molar-refractivity contribution in [3.8, 4) is 0 Å². The van der Waals surface area contributed by atoms with Crippen LogP contribution in [0.4, 0.5) is 10.1 Å². The second-order valence-corrected chi connectivity index (χ2v) is 12.5. The Balaban J connectivity index is 2.04. The van der Waals surface area contributed by atoms with Crippen molar-refractivity contribution in [2.24, 2.45) is 0 Å². The molecule has 0 unspecified atom stereocenters. The lowest BCUT2D eigenvalue weighted by Gasteiger charge is -2.33. The molecule has 7 nitrogen and oxygen atoms in total. The molecule has 2 amide bonds. The molecule has 0 aliphatic rings. The number of halogens is 2. The van der Waals surface area contributed by atoms with Gasteiger partial charge in [-0.2, -0.15) is 0 Å². The van der Waals surface area contributed by atoms with Crippen LogP contribution >= 0.6 is 15.9 Å². The van der Waals surface area contributed by atoms with Gasteiger partial charge in [0.05, 0.1) is 10.6 Å². The fourth-order valence-corrected chi connectivity index (χ4v) is 5.80. The zero-order chi connectivity index (χ0) is 29.4. The molecular formula is C30H35BrFN3O4S. The van der Waals surface area contributed by atoms with E-state index in [1.807, 2.05) is 20.8 Å². The molecule has 1 N–H and O–H groups in total. The molecule has 0 fully saturated rings. The number of rotatable bonds is 12. The predicted octanol–water partition coefficient (Wildman–Crippen LogP) is 5.81. The summed E-state index contributed by atoms with van der Waals surface area (Å²) in [7, 11) is -4.15. The van der Waals surface area contributed by atoms with Crippen LogP contribution in [0.25, 0.3) is 0 Å². The Morgan fingerprint density at radius 2 is 1.52 bits per heavy atom. The summed E-state index contributed by atoms with van der Waals surface area (Å²) in [5, 5.41) is 2.93. The Kier molecular flexibility index (Phi) is 10.9. The van der Waals surface area contributed by atoms with Crippen LogP contribution in [-0.4, -0.2) is 43.8 Å². The Morgan fingerprint density at radius 3 is 2.08 bits per heavy atom. The highest BCUT2D eigenvalue weighted by molar-refractivity contribution is 9.10. The van der Waals surface area contributed by atoms with E-state index in [2.05, 4.69) is 21.2 Å². The maximum Gasteiger partial charge on any atom is 0.264 e. The minimum Gasteiger partial charge on any atom is -0.352 e. The molecule has 0 bridgehead atoms. The van der Waals surface area contributed by atoms with Gasteiger partial charge in [0.25, 0.3) is 10.0 Å². The molecular weight excluding hydrogens is 597 g/mol. The van der Waals surface area contributed by atoms with Crippen LogP contribution in [0.15, 0.2) is 82.2 Å². The van der Waals surface area contributed by atoms with Crippen molar-refractivity contribution in [2.75, 3.05) is 10.8 Å². The molecule has 0 radical (unpaired) electrons. The zero-order valence-corrected chi connectivity index (χ0v) is 25.5. The van der Waals surface area contributed by atoms with Crippen molar-refractivity contribution in [1.82, 2.24) is 10.2 Å². The fourth-order valence-electron chi connectivity index (χ4n) is 4.12. The van der Waals surface area contributed by atoms with E-state index >= 15 is 0 Å². The van der Waals surface area contributed by atoms with E-state index in [4.69, 9.17) is 0 Å². The second-order valence-electron chi connectivity index (χ2n) is 9.69. The summed E-state index contributed by atoms with van der Waals surface area (Å²) in [5.74, 6) is -1.31. The number of benzene rings is 3. The third kappa shape index (κ3) is 7.91. The molecule has 3 aromatic rings. The SMILES string of the molecule is CC[C@H](C)NC(=O)[C@H](CC)N(Cc1ccc(F)cc1)C(=O)CN(c1ccc(Br)cc1)S(=O)(=O)c1ccc(C)cc1. The number of hydrogen-bond donors (Lipinski definition) is 1. The van der Waals surface area contributed by atoms with Crippen LogP contribution < -0.4 is 9.62 Å². The third-order valence-corrected chi connectivity index (χ3v) is 8.97. The summed E-state index contributed by atoms with van der Waals surface area (Å²) in [6, 6.07) is 17.7. The number of nitrogens with one attached hydrogen (secondary N) is 1. The van der Waals surface area contributed by atoms with Gasteiger partial charge in [0.2, 0.25) is 11.8 Å². The van der Waals surface area contributed by atoms with Gasteiger partial charge in [0, 0.05) is 17.1 Å². The summed E-state index contributed by atoms with van der Waals surface area (Å²) >= 11 is 3.37. The van der Waals surface area contributed by atoms with Crippen molar-refractivity contribution < 1.29 is 22.4 Å². The van der Waals surface area contributed by atoms with Crippen molar-refractivity contribution in [2.45, 2.75) is 64.1 Å². The summed E-state index contributed by atoms with van der Waals surface area (Å²) < 4.78 is 43.1. The summed E-state index contributed by atoms with van der Waals surface area (Å²) in [4.78, 5) is 28.7. The Hall–Kier alpha value is -3.24. The van der Waals surface area contributed by atoms with Crippen LogP contribution in [0.5, 0.6) is 0 Å². The minimum absolute atomic E-state index is 0.00427. The number of amides is 2. The van der Waals surface area contributed by atoms with E-state index in [1.54, 1.807) is 55.5 Å². The van der Waals surface area contributed by atoms with E-state index in [-0.39, 0.29) is 23.4 Å². The number of carbonyl (C=O) groups is 2. The van der Waals surface area contributed by atoms with Crippen LogP contribution in [-0.2, 0) is 26.2 Å². The molecule has 40 heavy (non-hydrogen) atoms. The molecule has 2 atom stereocenters. The smallest absolute Gasteiger partial charge is 0.264 e. The molecule has 0 saturated carbocycles. The van der Waals surface area contributed by atoms with E-state index in [9.17, 15) is 22.4 Å². The number of nitrogens with zero attached hydrogens (tertiary/aromatic N) is 2. The van der Waals surface area contributed by atoms with Gasteiger partial charge in [0.1, 0.15) is 18.4 Å². The van der Waals surface area contributed by atoms with Gasteiger partial charge in [-0.05, 0) is 80.8 Å². The lowest BCUT2D eigenvalue weighted by Crippen LogP contribution is -2.53. The molecule has 3 rings (SSSR count). The maximum absolute atomic E-state index is 14.0. The average molecular weight is 633 g/mol. The van der Waals surface area contributed by atoms with Gasteiger partial charge in [-0.1, -0.05) is 59.6 Å². The number of hydrogen-bond acceptors (Lipinski definition) is 4. The quantitative estimate of drug-likeness (QED) is 0.273. The first-order valence-corrected chi connectivity index (χ1v) is 15.4. The first-order chi connectivity index (χ1) is 19.0. The first-order valence-electron chi connectivity index (χ1n) is 13.2. The topological polar surface area (TPSA) is 86.8 Å². The molecule has 3 aromatic carbocycles. The zero-order valence-electron chi connectivity index (χ0n) is 23.1. The highest BCUT2D eigenvalue weighted by Crippen LogP contribution is 2.26. The second kappa shape index (κ2) is 13.9. The van der Waals surface area contributed by atoms with Crippen LogP contribution in [0.3, 0.4) is 0 Å². The maximum atomic E-state index is 14.0. The minimum atomic E-state index is -4.15. The molecule has 0 aliphatic carbocycles. The molecule has 0 aliphatic heterocycles. The van der Waals surface area contributed by atoms with Gasteiger partial charge in [-0.25, -0.2) is 12.8 Å². The summed E-state index contributed by atoms with van der Waals surface area (Å²) in [6.45, 7) is 6.94. The monoisotopic (exact) mass is 631 g/mol. The number of anilines is 1. The third-order valence-electron chi connectivity index (χ3n) is 6.66. The molecule has 0 saturated heterocycles. The van der Waals surface area contributed by atoms with Crippen LogP contribution in [0.1, 0.15) is 44.7 Å². The van der Waals surface area contributed by atoms with Crippen molar-refractivity contribution in [1.29, 1.82) is 0 Å². The number of carbonyl (C=O) groups excluding carboxylic acids is 2.